The minimum absolute atomic E-state index is 0.0838. The number of carbonyl (C=O) groups is 3. The van der Waals surface area contributed by atoms with Crippen LogP contribution in [0.4, 0.5) is 11.4 Å². The highest BCUT2D eigenvalue weighted by Crippen LogP contribution is 2.31. The molecule has 7 heteroatoms. The Hall–Kier alpha value is -2.80. The van der Waals surface area contributed by atoms with Crippen molar-refractivity contribution >= 4 is 40.9 Å². The van der Waals surface area contributed by atoms with Crippen molar-refractivity contribution in [2.24, 2.45) is 0 Å². The summed E-state index contributed by atoms with van der Waals surface area (Å²) in [7, 11) is 0. The highest BCUT2D eigenvalue weighted by Gasteiger charge is 2.17. The van der Waals surface area contributed by atoms with Gasteiger partial charge in [-0.05, 0) is 55.3 Å². The summed E-state index contributed by atoms with van der Waals surface area (Å²) in [6.07, 6.45) is 0.428. The van der Waals surface area contributed by atoms with Crippen LogP contribution in [0.25, 0.3) is 0 Å². The van der Waals surface area contributed by atoms with Crippen LogP contribution in [0.2, 0.25) is 0 Å². The lowest BCUT2D eigenvalue weighted by atomic mass is 10.1. The number of anilines is 2. The molecule has 2 aromatic rings. The molecule has 0 unspecified atom stereocenters. The number of rotatable bonds is 4. The predicted molar refractivity (Wildman–Crippen MR) is 105 cm³/mol. The van der Waals surface area contributed by atoms with Crippen LogP contribution in [0.1, 0.15) is 27.9 Å². The maximum Gasteiger partial charge on any atom is 0.338 e. The molecule has 1 aliphatic rings. The highest BCUT2D eigenvalue weighted by molar-refractivity contribution is 7.99. The van der Waals surface area contributed by atoms with Gasteiger partial charge in [0, 0.05) is 22.8 Å². The number of thioether (sulfide) groups is 1. The van der Waals surface area contributed by atoms with Gasteiger partial charge in [0.25, 0.3) is 5.91 Å². The molecule has 0 saturated heterocycles. The van der Waals surface area contributed by atoms with Crippen LogP contribution in [0.3, 0.4) is 0 Å². The predicted octanol–water partition coefficient (Wildman–Crippen LogP) is 3.53. The van der Waals surface area contributed by atoms with Crippen LogP contribution in [-0.4, -0.2) is 30.1 Å². The van der Waals surface area contributed by atoms with Crippen molar-refractivity contribution in [1.82, 2.24) is 0 Å². The van der Waals surface area contributed by atoms with E-state index in [0.717, 1.165) is 16.0 Å². The lowest BCUT2D eigenvalue weighted by molar-refractivity contribution is -0.119. The van der Waals surface area contributed by atoms with Gasteiger partial charge in [0.1, 0.15) is 0 Å². The summed E-state index contributed by atoms with van der Waals surface area (Å²) >= 11 is 1.56. The van der Waals surface area contributed by atoms with E-state index < -0.39 is 11.9 Å². The average molecular weight is 384 g/mol. The summed E-state index contributed by atoms with van der Waals surface area (Å²) < 4.78 is 5.09. The molecule has 0 atom stereocenters. The fourth-order valence-electron chi connectivity index (χ4n) is 2.58. The Morgan fingerprint density at radius 1 is 1.15 bits per heavy atom. The first kappa shape index (κ1) is 19.0. The van der Waals surface area contributed by atoms with Gasteiger partial charge in [-0.15, -0.1) is 11.8 Å². The van der Waals surface area contributed by atoms with E-state index in [9.17, 15) is 14.4 Å². The summed E-state index contributed by atoms with van der Waals surface area (Å²) in [5, 5.41) is 5.48. The zero-order chi connectivity index (χ0) is 19.4. The lowest BCUT2D eigenvalue weighted by Crippen LogP contribution is -2.21. The molecule has 0 fully saturated rings. The smallest absolute Gasteiger partial charge is 0.338 e. The Morgan fingerprint density at radius 2 is 1.96 bits per heavy atom. The maximum absolute atomic E-state index is 12.2. The second-order valence-electron chi connectivity index (χ2n) is 6.28. The number of fused-ring (bicyclic) bond motifs is 1. The second-order valence-corrected chi connectivity index (χ2v) is 7.42. The highest BCUT2D eigenvalue weighted by atomic mass is 32.2. The van der Waals surface area contributed by atoms with E-state index in [1.54, 1.807) is 36.0 Å². The van der Waals surface area contributed by atoms with Crippen molar-refractivity contribution in [3.05, 3.63) is 53.1 Å². The largest absolute Gasteiger partial charge is 0.452 e. The Labute approximate surface area is 161 Å². The minimum Gasteiger partial charge on any atom is -0.452 e. The normalized spacial score (nSPS) is 13.2. The maximum atomic E-state index is 12.2. The number of nitrogens with one attached hydrogen (secondary N) is 2. The first-order valence-corrected chi connectivity index (χ1v) is 9.52. The minimum atomic E-state index is -0.614. The van der Waals surface area contributed by atoms with E-state index in [-0.39, 0.29) is 18.1 Å². The fourth-order valence-corrected chi connectivity index (χ4v) is 3.51. The van der Waals surface area contributed by atoms with E-state index in [1.165, 1.54) is 0 Å². The van der Waals surface area contributed by atoms with Gasteiger partial charge in [0.2, 0.25) is 5.91 Å². The van der Waals surface area contributed by atoms with Crippen LogP contribution in [0.5, 0.6) is 0 Å². The number of carbonyl (C=O) groups excluding carboxylic acids is 3. The molecule has 6 nitrogen and oxygen atoms in total. The van der Waals surface area contributed by atoms with E-state index in [0.29, 0.717) is 23.5 Å². The van der Waals surface area contributed by atoms with Crippen molar-refractivity contribution in [2.75, 3.05) is 23.0 Å². The Kier molecular flexibility index (Phi) is 5.81. The monoisotopic (exact) mass is 384 g/mol. The van der Waals surface area contributed by atoms with Crippen LogP contribution in [0, 0.1) is 13.8 Å². The lowest BCUT2D eigenvalue weighted by Gasteiger charge is -2.10. The van der Waals surface area contributed by atoms with Crippen LogP contribution in [-0.2, 0) is 14.3 Å². The van der Waals surface area contributed by atoms with Gasteiger partial charge in [-0.25, -0.2) is 4.79 Å². The zero-order valence-corrected chi connectivity index (χ0v) is 15.9. The molecule has 1 heterocycles. The number of amides is 2. The third kappa shape index (κ3) is 4.89. The zero-order valence-electron chi connectivity index (χ0n) is 15.1. The van der Waals surface area contributed by atoms with Gasteiger partial charge in [-0.3, -0.25) is 9.59 Å². The molecular weight excluding hydrogens is 364 g/mol. The molecule has 0 radical (unpaired) electrons. The Bertz CT molecular complexity index is 911. The molecule has 0 aliphatic carbocycles. The van der Waals surface area contributed by atoms with Crippen LogP contribution < -0.4 is 10.6 Å². The van der Waals surface area contributed by atoms with Crippen LogP contribution in [0.15, 0.2) is 41.3 Å². The second kappa shape index (κ2) is 8.26. The molecule has 0 aromatic heterocycles. The number of ether oxygens (including phenoxy) is 1. The summed E-state index contributed by atoms with van der Waals surface area (Å²) in [5.74, 6) is -0.414. The van der Waals surface area contributed by atoms with Crippen molar-refractivity contribution < 1.29 is 19.1 Å². The number of hydrogen-bond acceptors (Lipinski definition) is 5. The summed E-state index contributed by atoms with van der Waals surface area (Å²) in [4.78, 5) is 36.8. The van der Waals surface area contributed by atoms with Gasteiger partial charge in [0.05, 0.1) is 11.3 Å². The summed E-state index contributed by atoms with van der Waals surface area (Å²) in [6, 6.07) is 10.6. The molecule has 0 saturated carbocycles. The first-order valence-electron chi connectivity index (χ1n) is 8.53. The molecule has 27 heavy (non-hydrogen) atoms. The van der Waals surface area contributed by atoms with E-state index in [4.69, 9.17) is 4.74 Å². The van der Waals surface area contributed by atoms with Gasteiger partial charge in [-0.2, -0.15) is 0 Å². The average Bonchev–Trinajstić information content (AvgIpc) is 2.82. The van der Waals surface area contributed by atoms with Gasteiger partial charge in [-0.1, -0.05) is 6.07 Å². The molecule has 2 aromatic carbocycles. The first-order chi connectivity index (χ1) is 12.9. The molecule has 3 rings (SSSR count). The number of esters is 1. The number of hydrogen-bond donors (Lipinski definition) is 2. The Morgan fingerprint density at radius 3 is 2.74 bits per heavy atom. The summed E-state index contributed by atoms with van der Waals surface area (Å²) in [5.41, 5.74) is 3.73. The van der Waals surface area contributed by atoms with E-state index in [2.05, 4.69) is 10.6 Å². The Balaban J connectivity index is 1.59. The van der Waals surface area contributed by atoms with E-state index >= 15 is 0 Å². The van der Waals surface area contributed by atoms with Gasteiger partial charge < -0.3 is 15.4 Å². The third-order valence-corrected chi connectivity index (χ3v) is 5.28. The molecule has 2 N–H and O–H groups in total. The molecular formula is C20H20N2O4S. The van der Waals surface area contributed by atoms with Crippen LogP contribution >= 0.6 is 11.8 Å². The molecule has 1 aliphatic heterocycles. The molecule has 140 valence electrons. The molecule has 0 spiro atoms. The quantitative estimate of drug-likeness (QED) is 0.788. The number of aryl methyl sites for hydroxylation is 2. The van der Waals surface area contributed by atoms with Crippen molar-refractivity contribution in [3.63, 3.8) is 0 Å². The standard InChI is InChI=1S/C20H20N2O4S/c1-12-3-5-15(9-13(12)2)21-19(24)11-26-20(25)14-4-6-17-16(10-14)22-18(23)7-8-27-17/h3-6,9-10H,7-8,11H2,1-2H3,(H,21,24)(H,22,23). The number of benzene rings is 2. The SMILES string of the molecule is Cc1ccc(NC(=O)COC(=O)c2ccc3c(c2)NC(=O)CCS3)cc1C. The molecule has 2 amide bonds. The molecule has 0 bridgehead atoms. The van der Waals surface area contributed by atoms with Crippen molar-refractivity contribution in [3.8, 4) is 0 Å². The topological polar surface area (TPSA) is 84.5 Å². The van der Waals surface area contributed by atoms with E-state index in [1.807, 2.05) is 26.0 Å². The van der Waals surface area contributed by atoms with Crippen molar-refractivity contribution in [1.29, 1.82) is 0 Å². The van der Waals surface area contributed by atoms with Gasteiger partial charge >= 0.3 is 5.97 Å². The fraction of sp³-hybridized carbons (Fsp3) is 0.250. The van der Waals surface area contributed by atoms with Crippen molar-refractivity contribution in [2.45, 2.75) is 25.2 Å². The van der Waals surface area contributed by atoms with Gasteiger partial charge in [0.15, 0.2) is 6.61 Å². The summed E-state index contributed by atoms with van der Waals surface area (Å²) in [6.45, 7) is 3.56. The third-order valence-electron chi connectivity index (χ3n) is 4.20.